The third-order valence-electron chi connectivity index (χ3n) is 2.52. The van der Waals surface area contributed by atoms with Gasteiger partial charge in [-0.1, -0.05) is 23.9 Å². The molecule has 1 rings (SSSR count). The number of hydrogen-bond donors (Lipinski definition) is 2. The molecule has 0 saturated carbocycles. The predicted octanol–water partition coefficient (Wildman–Crippen LogP) is 1.76. The average Bonchev–Trinajstić information content (AvgIpc) is 2.37. The second kappa shape index (κ2) is 7.41. The van der Waals surface area contributed by atoms with Crippen molar-refractivity contribution < 1.29 is 19.7 Å². The molecule has 0 radical (unpaired) electrons. The summed E-state index contributed by atoms with van der Waals surface area (Å²) in [6.45, 7) is 1.48. The van der Waals surface area contributed by atoms with Crippen molar-refractivity contribution >= 4 is 16.9 Å². The van der Waals surface area contributed by atoms with Crippen LogP contribution in [0.25, 0.3) is 0 Å². The number of thioether (sulfide) groups is 1. The largest absolute Gasteiger partial charge is 0.497 e. The first kappa shape index (κ1) is 15.0. The quantitative estimate of drug-likeness (QED) is 0.824. The fourth-order valence-corrected chi connectivity index (χ4v) is 2.18. The highest BCUT2D eigenvalue weighted by molar-refractivity contribution is 8.13. The Morgan fingerprint density at radius 2 is 2.17 bits per heavy atom. The fraction of sp³-hybridized carbons (Fsp3) is 0.462. The zero-order valence-electron chi connectivity index (χ0n) is 10.5. The van der Waals surface area contributed by atoms with Crippen LogP contribution in [0.15, 0.2) is 24.3 Å². The Labute approximate surface area is 111 Å². The summed E-state index contributed by atoms with van der Waals surface area (Å²) in [5, 5.41) is 19.8. The molecule has 1 aromatic rings. The highest BCUT2D eigenvalue weighted by Crippen LogP contribution is 2.23. The number of hydrogen-bond acceptors (Lipinski definition) is 5. The molecule has 0 amide bonds. The van der Waals surface area contributed by atoms with Crippen LogP contribution >= 0.6 is 11.8 Å². The normalized spacial score (nSPS) is 14.0. The van der Waals surface area contributed by atoms with Crippen LogP contribution in [-0.4, -0.2) is 34.3 Å². The smallest absolute Gasteiger partial charge is 0.185 e. The molecular weight excluding hydrogens is 252 g/mol. The van der Waals surface area contributed by atoms with Crippen LogP contribution in [0.2, 0.25) is 0 Å². The number of benzene rings is 1. The summed E-state index contributed by atoms with van der Waals surface area (Å²) in [4.78, 5) is 10.8. The molecule has 0 saturated heterocycles. The van der Waals surface area contributed by atoms with Crippen molar-refractivity contribution in [2.45, 2.75) is 25.6 Å². The van der Waals surface area contributed by atoms with Crippen LogP contribution < -0.4 is 4.74 Å². The molecule has 4 nitrogen and oxygen atoms in total. The molecule has 2 N–H and O–H groups in total. The zero-order valence-corrected chi connectivity index (χ0v) is 11.3. The van der Waals surface area contributed by atoms with Crippen molar-refractivity contribution in [3.05, 3.63) is 29.8 Å². The van der Waals surface area contributed by atoms with E-state index < -0.39 is 12.2 Å². The van der Waals surface area contributed by atoms with Gasteiger partial charge in [-0.15, -0.1) is 0 Å². The molecule has 0 heterocycles. The summed E-state index contributed by atoms with van der Waals surface area (Å²) in [6, 6.07) is 6.95. The standard InChI is InChI=1S/C13H18O4S/c1-9(14)18-7-6-12(15)13(16)10-4-3-5-11(8-10)17-2/h3-5,8,12-13,15-16H,6-7H2,1-2H3. The highest BCUT2D eigenvalue weighted by Gasteiger charge is 2.18. The average molecular weight is 270 g/mol. The molecule has 0 spiro atoms. The Hall–Kier alpha value is -1.04. The molecule has 0 aliphatic carbocycles. The highest BCUT2D eigenvalue weighted by atomic mass is 32.2. The van der Waals surface area contributed by atoms with Gasteiger partial charge >= 0.3 is 0 Å². The number of aliphatic hydroxyl groups is 2. The van der Waals surface area contributed by atoms with Gasteiger partial charge in [-0.3, -0.25) is 4.79 Å². The molecule has 1 aromatic carbocycles. The summed E-state index contributed by atoms with van der Waals surface area (Å²) in [5.74, 6) is 1.13. The monoisotopic (exact) mass is 270 g/mol. The van der Waals surface area contributed by atoms with Crippen LogP contribution in [0.3, 0.4) is 0 Å². The number of methoxy groups -OCH3 is 1. The minimum atomic E-state index is -0.965. The maximum atomic E-state index is 10.8. The van der Waals surface area contributed by atoms with E-state index in [0.717, 1.165) is 11.8 Å². The van der Waals surface area contributed by atoms with E-state index in [0.29, 0.717) is 23.5 Å². The third kappa shape index (κ3) is 4.68. The Kier molecular flexibility index (Phi) is 6.18. The predicted molar refractivity (Wildman–Crippen MR) is 71.7 cm³/mol. The molecule has 100 valence electrons. The minimum Gasteiger partial charge on any atom is -0.497 e. The van der Waals surface area contributed by atoms with E-state index in [9.17, 15) is 15.0 Å². The van der Waals surface area contributed by atoms with Crippen LogP contribution in [0.4, 0.5) is 0 Å². The topological polar surface area (TPSA) is 66.8 Å². The van der Waals surface area contributed by atoms with E-state index in [1.807, 2.05) is 0 Å². The van der Waals surface area contributed by atoms with Crippen LogP contribution in [0.1, 0.15) is 25.0 Å². The first-order chi connectivity index (χ1) is 8.54. The lowest BCUT2D eigenvalue weighted by molar-refractivity contribution is -0.109. The maximum absolute atomic E-state index is 10.8. The number of carbonyl (C=O) groups is 1. The van der Waals surface area contributed by atoms with E-state index in [1.54, 1.807) is 31.4 Å². The van der Waals surface area contributed by atoms with Crippen molar-refractivity contribution in [2.75, 3.05) is 12.9 Å². The van der Waals surface area contributed by atoms with Gasteiger partial charge in [0, 0.05) is 12.7 Å². The minimum absolute atomic E-state index is 0.0121. The lowest BCUT2D eigenvalue weighted by Gasteiger charge is -2.18. The lowest BCUT2D eigenvalue weighted by atomic mass is 10.0. The molecule has 0 bridgehead atoms. The Bertz CT molecular complexity index is 394. The van der Waals surface area contributed by atoms with E-state index in [4.69, 9.17) is 4.74 Å². The van der Waals surface area contributed by atoms with Crippen molar-refractivity contribution in [3.63, 3.8) is 0 Å². The van der Waals surface area contributed by atoms with Gasteiger partial charge in [-0.2, -0.15) is 0 Å². The van der Waals surface area contributed by atoms with Gasteiger partial charge in [-0.05, 0) is 24.1 Å². The first-order valence-electron chi connectivity index (χ1n) is 5.68. The summed E-state index contributed by atoms with van der Waals surface area (Å²) < 4.78 is 5.06. The Morgan fingerprint density at radius 3 is 2.78 bits per heavy atom. The van der Waals surface area contributed by atoms with Gasteiger partial charge in [0.1, 0.15) is 11.9 Å². The molecule has 0 aromatic heterocycles. The molecule has 2 unspecified atom stereocenters. The Morgan fingerprint density at radius 1 is 1.44 bits per heavy atom. The second-order valence-corrected chi connectivity index (χ2v) is 5.19. The summed E-state index contributed by atoms with van der Waals surface area (Å²) >= 11 is 1.15. The van der Waals surface area contributed by atoms with E-state index >= 15 is 0 Å². The molecule has 18 heavy (non-hydrogen) atoms. The van der Waals surface area contributed by atoms with E-state index in [1.165, 1.54) is 6.92 Å². The summed E-state index contributed by atoms with van der Waals surface area (Å²) in [6.07, 6.45) is -1.49. The van der Waals surface area contributed by atoms with Crippen LogP contribution in [0.5, 0.6) is 5.75 Å². The van der Waals surface area contributed by atoms with Crippen LogP contribution in [-0.2, 0) is 4.79 Å². The molecule has 0 aliphatic rings. The van der Waals surface area contributed by atoms with Gasteiger partial charge in [0.15, 0.2) is 5.12 Å². The third-order valence-corrected chi connectivity index (χ3v) is 3.37. The number of ether oxygens (including phenoxy) is 1. The van der Waals surface area contributed by atoms with Crippen molar-refractivity contribution in [1.29, 1.82) is 0 Å². The van der Waals surface area contributed by atoms with Crippen molar-refractivity contribution in [2.24, 2.45) is 0 Å². The molecule has 2 atom stereocenters. The van der Waals surface area contributed by atoms with Gasteiger partial charge < -0.3 is 14.9 Å². The lowest BCUT2D eigenvalue weighted by Crippen LogP contribution is -2.19. The van der Waals surface area contributed by atoms with Crippen LogP contribution in [0, 0.1) is 0 Å². The first-order valence-corrected chi connectivity index (χ1v) is 6.66. The number of carbonyl (C=O) groups excluding carboxylic acids is 1. The molecule has 0 fully saturated rings. The fourth-order valence-electron chi connectivity index (χ4n) is 1.53. The number of aliphatic hydroxyl groups excluding tert-OH is 2. The SMILES string of the molecule is COc1cccc(C(O)C(O)CCSC(C)=O)c1. The van der Waals surface area contributed by atoms with Gasteiger partial charge in [0.25, 0.3) is 0 Å². The van der Waals surface area contributed by atoms with Gasteiger partial charge in [-0.25, -0.2) is 0 Å². The van der Waals surface area contributed by atoms with Crippen molar-refractivity contribution in [1.82, 2.24) is 0 Å². The Balaban J connectivity index is 2.56. The molecule has 5 heteroatoms. The zero-order chi connectivity index (χ0) is 13.5. The number of rotatable bonds is 6. The van der Waals surface area contributed by atoms with Gasteiger partial charge in [0.05, 0.1) is 13.2 Å². The summed E-state index contributed by atoms with van der Waals surface area (Å²) in [5.41, 5.74) is 0.606. The second-order valence-electron chi connectivity index (χ2n) is 3.92. The molecule has 0 aliphatic heterocycles. The molecular formula is C13H18O4S. The maximum Gasteiger partial charge on any atom is 0.185 e. The van der Waals surface area contributed by atoms with Crippen molar-refractivity contribution in [3.8, 4) is 5.75 Å². The summed E-state index contributed by atoms with van der Waals surface area (Å²) in [7, 11) is 1.55. The van der Waals surface area contributed by atoms with E-state index in [2.05, 4.69) is 0 Å². The van der Waals surface area contributed by atoms with E-state index in [-0.39, 0.29) is 5.12 Å². The van der Waals surface area contributed by atoms with Gasteiger partial charge in [0.2, 0.25) is 0 Å².